The van der Waals surface area contributed by atoms with Crippen molar-refractivity contribution < 1.29 is 87.1 Å². The van der Waals surface area contributed by atoms with Gasteiger partial charge >= 0.3 is 5.97 Å². The zero-order valence-corrected chi connectivity index (χ0v) is 63.9. The number of nitrogens with zero attached hydrogens (tertiary/aromatic N) is 7. The molecular weight excluding hydrogens is 1470 g/mol. The summed E-state index contributed by atoms with van der Waals surface area (Å²) < 4.78 is 21.5. The molecule has 113 heavy (non-hydrogen) atoms. The molecular formula is C75H99FN20O17. The van der Waals surface area contributed by atoms with Crippen LogP contribution in [0.15, 0.2) is 103 Å². The summed E-state index contributed by atoms with van der Waals surface area (Å²) in [5.74, 6) is -14.2. The number of benzene rings is 4. The number of rotatable bonds is 46. The second-order valence-electron chi connectivity index (χ2n) is 28.0. The molecule has 0 aliphatic heterocycles. The van der Waals surface area contributed by atoms with Crippen LogP contribution in [0.3, 0.4) is 0 Å². The van der Waals surface area contributed by atoms with Crippen LogP contribution in [0, 0.1) is 25.1 Å². The van der Waals surface area contributed by atoms with Crippen molar-refractivity contribution in [2.24, 2.45) is 16.3 Å². The lowest BCUT2D eigenvalue weighted by molar-refractivity contribution is -0.143. The number of unbranched alkanes of at least 4 members (excludes halogenated alkanes) is 1. The van der Waals surface area contributed by atoms with Crippen molar-refractivity contribution >= 4 is 70.9 Å². The lowest BCUT2D eigenvalue weighted by atomic mass is 9.90. The highest BCUT2D eigenvalue weighted by Crippen LogP contribution is 2.29. The topological polar surface area (TPSA) is 573 Å². The zero-order chi connectivity index (χ0) is 83.1. The van der Waals surface area contributed by atoms with Crippen LogP contribution in [0.2, 0.25) is 0 Å². The standard InChI is InChI=1S/C75H99FN20O17/c1-9-47-33-51(113-28-13-12-26-83-94-78)23-24-52(47)48-21-19-45(20-22-48)32-55(66(105)84-54(64(77)103)18-14-15-46-30-41(2)29-42(3)31-46)85-67(106)57(35-61(101)102)86-68(107)58(39-97)87-69(108)62(43(4)98)90-73(112)75(8,36-49-16-10-11-17-53(49)76)91-70(109)63(44(5)99)89-60(100)38-81-65(104)56(34-59-92-95-96-93-59)88-72(111)74(6,7)71(110)80-27-25-50-37-79-40-82-50/h10-11,16-17,19-24,29-31,33,37,40,43-44,54-58,62-63,97-99H,9,12-15,18,25-28,32,34-36,38-39H2,1-8H3,(H2,77,103)(H,79,82)(H,80,110)(H,81,104)(H,84,105)(H,85,106)(H,86,107)(H,87,108)(H,88,111)(H,89,100)(H,90,112)(H,91,109)(H,101,102)(H,92,93,95,96)/t43-,44-,54+,55+,56+,57+,58+,62+,63+,75+/m1/s1. The van der Waals surface area contributed by atoms with Gasteiger partial charge < -0.3 is 89.0 Å². The number of aromatic nitrogens is 6. The van der Waals surface area contributed by atoms with E-state index in [1.165, 1.54) is 38.4 Å². The number of aliphatic hydroxyl groups is 3. The van der Waals surface area contributed by atoms with Gasteiger partial charge in [-0.05, 0) is 155 Å². The number of carbonyl (C=O) groups excluding carboxylic acids is 11. The average molecular weight is 1570 g/mol. The molecule has 11 amide bonds. The van der Waals surface area contributed by atoms with Crippen molar-refractivity contribution in [1.82, 2.24) is 83.8 Å². The number of hydrogen-bond donors (Lipinski definition) is 17. The van der Waals surface area contributed by atoms with Gasteiger partial charge in [0, 0.05) is 55.6 Å². The fourth-order valence-corrected chi connectivity index (χ4v) is 11.9. The molecule has 18 N–H and O–H groups in total. The molecule has 37 nitrogen and oxygen atoms in total. The van der Waals surface area contributed by atoms with Crippen molar-refractivity contribution in [2.75, 3.05) is 32.8 Å². The Morgan fingerprint density at radius 2 is 1.33 bits per heavy atom. The fraction of sp³-hybridized carbons (Fsp3) is 0.467. The van der Waals surface area contributed by atoms with Gasteiger partial charge in [0.1, 0.15) is 64.8 Å². The molecule has 0 aliphatic carbocycles. The van der Waals surface area contributed by atoms with Crippen LogP contribution in [0.5, 0.6) is 5.75 Å². The lowest BCUT2D eigenvalue weighted by Gasteiger charge is -2.34. The van der Waals surface area contributed by atoms with E-state index in [4.69, 9.17) is 16.0 Å². The normalized spacial score (nSPS) is 14.1. The summed E-state index contributed by atoms with van der Waals surface area (Å²) in [7, 11) is 0. The number of aryl methyl sites for hydroxylation is 4. The molecule has 4 aromatic carbocycles. The first kappa shape index (κ1) is 89.6. The maximum atomic E-state index is 15.5. The number of H-pyrrole nitrogens is 2. The van der Waals surface area contributed by atoms with Gasteiger partial charge in [0.25, 0.3) is 0 Å². The van der Waals surface area contributed by atoms with E-state index in [9.17, 15) is 78.0 Å². The molecule has 0 spiro atoms. The molecule has 0 radical (unpaired) electrons. The third-order valence-electron chi connectivity index (χ3n) is 18.2. The molecule has 0 saturated carbocycles. The Morgan fingerprint density at radius 1 is 0.681 bits per heavy atom. The van der Waals surface area contributed by atoms with Crippen LogP contribution in [0.25, 0.3) is 21.6 Å². The summed E-state index contributed by atoms with van der Waals surface area (Å²) in [6.07, 6.45) is -0.0109. The van der Waals surface area contributed by atoms with Crippen molar-refractivity contribution in [2.45, 2.75) is 186 Å². The molecule has 0 bridgehead atoms. The quantitative estimate of drug-likeness (QED) is 0.00781. The van der Waals surface area contributed by atoms with Gasteiger partial charge in [-0.2, -0.15) is 0 Å². The number of aromatic amines is 2. The van der Waals surface area contributed by atoms with Gasteiger partial charge in [0.2, 0.25) is 65.0 Å². The Hall–Kier alpha value is -12.3. The minimum Gasteiger partial charge on any atom is -0.494 e. The number of aliphatic hydroxyl groups excluding tert-OH is 3. The summed E-state index contributed by atoms with van der Waals surface area (Å²) in [4.78, 5) is 176. The van der Waals surface area contributed by atoms with E-state index < -0.39 is 168 Å². The molecule has 2 aromatic heterocycles. The SMILES string of the molecule is CCc1cc(OCCCCN=[N+]=[N-])ccc1-c1ccc(C[C@H](NC(=O)[C@H](CC(=O)O)NC(=O)[C@H](CO)NC(=O)[C@@H](NC(=O)[C@](C)(Cc2ccccc2F)NC(=O)[C@@H](NC(=O)CNC(=O)[C@H](Cc2nnn[nH]2)NC(=O)C(C)(C)C(=O)NCCc2cnc[nH]2)[C@@H](C)O)[C@@H](C)O)C(=O)N[C@@H](CCCc2cc(C)cc(C)c2)C(N)=O)cc1. The van der Waals surface area contributed by atoms with Crippen molar-refractivity contribution in [3.8, 4) is 16.9 Å². The molecule has 38 heteroatoms. The number of nitrogens with two attached hydrogens (primary N) is 1. The van der Waals surface area contributed by atoms with E-state index in [-0.39, 0.29) is 37.2 Å². The molecule has 0 aliphatic rings. The molecule has 2 heterocycles. The number of halogens is 1. The first-order chi connectivity index (χ1) is 53.6. The maximum absolute atomic E-state index is 15.5. The van der Waals surface area contributed by atoms with E-state index >= 15 is 4.39 Å². The fourth-order valence-electron chi connectivity index (χ4n) is 11.9. The number of carbonyl (C=O) groups is 12. The first-order valence-electron chi connectivity index (χ1n) is 36.5. The first-order valence-corrected chi connectivity index (χ1v) is 36.5. The van der Waals surface area contributed by atoms with E-state index in [2.05, 4.69) is 93.8 Å². The van der Waals surface area contributed by atoms with Gasteiger partial charge in [0.15, 0.2) is 5.82 Å². The second-order valence-corrected chi connectivity index (χ2v) is 28.0. The Labute approximate surface area is 649 Å². The number of carboxylic acid groups (broad SMARTS) is 1. The number of ether oxygens (including phenoxy) is 1. The number of aliphatic carboxylic acids is 1. The zero-order valence-electron chi connectivity index (χ0n) is 63.9. The molecule has 0 saturated heterocycles. The van der Waals surface area contributed by atoms with Crippen LogP contribution >= 0.6 is 0 Å². The molecule has 608 valence electrons. The van der Waals surface area contributed by atoms with Crippen LogP contribution in [-0.2, 0) is 96.1 Å². The number of tetrazole rings is 1. The summed E-state index contributed by atoms with van der Waals surface area (Å²) in [6.45, 7) is 10.3. The minimum absolute atomic E-state index is 0.00161. The van der Waals surface area contributed by atoms with Crippen LogP contribution < -0.4 is 63.6 Å². The smallest absolute Gasteiger partial charge is 0.305 e. The Kier molecular flexibility index (Phi) is 34.4. The monoisotopic (exact) mass is 1570 g/mol. The van der Waals surface area contributed by atoms with E-state index in [0.717, 1.165) is 60.2 Å². The molecule has 6 aromatic rings. The van der Waals surface area contributed by atoms with Crippen LogP contribution in [0.1, 0.15) is 119 Å². The third-order valence-corrected chi connectivity index (χ3v) is 18.2. The van der Waals surface area contributed by atoms with Crippen molar-refractivity contribution in [1.29, 1.82) is 0 Å². The average Bonchev–Trinajstić information content (AvgIpc) is 1.38. The number of azide groups is 1. The molecule has 10 atom stereocenters. The van der Waals surface area contributed by atoms with Gasteiger partial charge in [-0.1, -0.05) is 89.9 Å². The van der Waals surface area contributed by atoms with Crippen molar-refractivity contribution in [3.05, 3.63) is 159 Å². The van der Waals surface area contributed by atoms with Crippen LogP contribution in [0.4, 0.5) is 4.39 Å². The van der Waals surface area contributed by atoms with Gasteiger partial charge in [-0.15, -0.1) is 5.10 Å². The molecule has 0 fully saturated rings. The number of hydrogen-bond acceptors (Lipinski definition) is 21. The van der Waals surface area contributed by atoms with Gasteiger partial charge in [-0.25, -0.2) is 14.5 Å². The number of carboxylic acids is 1. The number of amides is 11. The summed E-state index contributed by atoms with van der Waals surface area (Å²) >= 11 is 0. The Balaban J connectivity index is 1.17. The van der Waals surface area contributed by atoms with E-state index in [1.54, 1.807) is 30.5 Å². The lowest BCUT2D eigenvalue weighted by Crippen LogP contribution is -2.67. The molecule has 0 unspecified atom stereocenters. The number of nitrogens with one attached hydrogen (secondary N) is 12. The summed E-state index contributed by atoms with van der Waals surface area (Å²) in [5, 5.41) is 83.2. The highest BCUT2D eigenvalue weighted by Gasteiger charge is 2.43. The highest BCUT2D eigenvalue weighted by molar-refractivity contribution is 6.06. The number of primary amides is 1. The summed E-state index contributed by atoms with van der Waals surface area (Å²) in [6, 6.07) is 10.8. The summed E-state index contributed by atoms with van der Waals surface area (Å²) in [5.41, 5.74) is 16.8. The second kappa shape index (κ2) is 43.4. The van der Waals surface area contributed by atoms with Gasteiger partial charge in [-0.3, -0.25) is 57.5 Å². The maximum Gasteiger partial charge on any atom is 0.305 e. The van der Waals surface area contributed by atoms with E-state index in [0.29, 0.717) is 68.7 Å². The Bertz CT molecular complexity index is 4310. The molecule has 6 rings (SSSR count). The predicted octanol–water partition coefficient (Wildman–Crippen LogP) is -0.0881. The Morgan fingerprint density at radius 3 is 1.95 bits per heavy atom. The van der Waals surface area contributed by atoms with Crippen molar-refractivity contribution in [3.63, 3.8) is 0 Å². The van der Waals surface area contributed by atoms with Gasteiger partial charge in [0.05, 0.1) is 44.7 Å². The largest absolute Gasteiger partial charge is 0.494 e. The number of imidazole rings is 1. The van der Waals surface area contributed by atoms with Crippen LogP contribution in [-0.4, -0.2) is 215 Å². The highest BCUT2D eigenvalue weighted by atomic mass is 19.1. The van der Waals surface area contributed by atoms with E-state index in [1.807, 2.05) is 57.2 Å². The third kappa shape index (κ3) is 27.9. The minimum atomic E-state index is -2.41. The predicted molar refractivity (Wildman–Crippen MR) is 405 cm³/mol.